The van der Waals surface area contributed by atoms with Gasteiger partial charge in [0.15, 0.2) is 0 Å². The van der Waals surface area contributed by atoms with E-state index in [1.807, 2.05) is 0 Å². The van der Waals surface area contributed by atoms with Gasteiger partial charge in [0.05, 0.1) is 37.3 Å². The second kappa shape index (κ2) is 21.1. The monoisotopic (exact) mass is 476 g/mol. The second-order valence-electron chi connectivity index (χ2n) is 10.0. The van der Waals surface area contributed by atoms with Crippen LogP contribution in [0, 0.1) is 0 Å². The second-order valence-corrected chi connectivity index (χ2v) is 11.5. The Balaban J connectivity index is 3.28. The number of quaternary nitrogens is 1. The van der Waals surface area contributed by atoms with Crippen LogP contribution < -0.4 is 5.32 Å². The van der Waals surface area contributed by atoms with Crippen LogP contribution in [0.5, 0.6) is 0 Å². The summed E-state index contributed by atoms with van der Waals surface area (Å²) in [6, 6.07) is 0. The molecular weight excluding hydrogens is 424 g/mol. The number of carbonyl (C=O) groups is 1. The highest BCUT2D eigenvalue weighted by molar-refractivity contribution is 7.85. The topological polar surface area (TPSA) is 86.3 Å². The highest BCUT2D eigenvalue weighted by Gasteiger charge is 2.13. The van der Waals surface area contributed by atoms with E-state index in [0.29, 0.717) is 6.42 Å². The maximum Gasteiger partial charge on any atom is 0.119 e. The fraction of sp³-hybridized carbons (Fsp3) is 0.960. The molecule has 0 aliphatic carbocycles. The molecule has 7 heteroatoms. The first-order chi connectivity index (χ1) is 15.3. The predicted molar refractivity (Wildman–Crippen MR) is 134 cm³/mol. The zero-order valence-corrected chi connectivity index (χ0v) is 21.9. The predicted octanol–water partition coefficient (Wildman–Crippen LogP) is 5.03. The summed E-state index contributed by atoms with van der Waals surface area (Å²) in [7, 11) is 0.277. The lowest BCUT2D eigenvalue weighted by atomic mass is 10.0. The number of unbranched alkanes of at least 4 members (excludes halogenated alkanes) is 14. The first-order valence-electron chi connectivity index (χ1n) is 13.2. The lowest BCUT2D eigenvalue weighted by molar-refractivity contribution is -0.890. The van der Waals surface area contributed by atoms with Gasteiger partial charge in [0, 0.05) is 25.1 Å². The highest BCUT2D eigenvalue weighted by atomic mass is 32.2. The molecule has 0 atom stereocenters. The fourth-order valence-corrected chi connectivity index (χ4v) is 4.67. The minimum atomic E-state index is -4.06. The van der Waals surface area contributed by atoms with Gasteiger partial charge in [-0.05, 0) is 32.2 Å². The largest absolute Gasteiger partial charge is 0.748 e. The molecule has 0 saturated heterocycles. The van der Waals surface area contributed by atoms with Gasteiger partial charge < -0.3 is 19.1 Å². The van der Waals surface area contributed by atoms with Crippen LogP contribution in [0.4, 0.5) is 0 Å². The fourth-order valence-electron chi connectivity index (χ4n) is 4.11. The Morgan fingerprint density at radius 1 is 0.656 bits per heavy atom. The lowest BCUT2D eigenvalue weighted by Crippen LogP contribution is -2.42. The van der Waals surface area contributed by atoms with E-state index in [9.17, 15) is 17.8 Å². The summed E-state index contributed by atoms with van der Waals surface area (Å²) in [5.74, 6) is -0.237. The molecule has 0 aromatic carbocycles. The number of hydrogen-bond acceptors (Lipinski definition) is 5. The van der Waals surface area contributed by atoms with E-state index in [0.717, 1.165) is 62.6 Å². The third-order valence-electron chi connectivity index (χ3n) is 6.20. The SMILES string of the molecule is C[N+](C)(CCCCS(=O)(=O)[O-])CCCNCCCCCCCCCCCCCCCC=O. The van der Waals surface area contributed by atoms with Gasteiger partial charge >= 0.3 is 0 Å². The summed E-state index contributed by atoms with van der Waals surface area (Å²) in [6.07, 6.45) is 21.2. The molecule has 0 aliphatic rings. The quantitative estimate of drug-likeness (QED) is 0.0864. The van der Waals surface area contributed by atoms with Crippen LogP contribution >= 0.6 is 0 Å². The molecule has 0 aromatic heterocycles. The molecule has 0 aliphatic heterocycles. The normalized spacial score (nSPS) is 12.3. The summed E-state index contributed by atoms with van der Waals surface area (Å²) >= 11 is 0. The Morgan fingerprint density at radius 3 is 1.59 bits per heavy atom. The van der Waals surface area contributed by atoms with Crippen LogP contribution in [0.1, 0.15) is 109 Å². The Bertz CT molecular complexity index is 524. The van der Waals surface area contributed by atoms with E-state index in [4.69, 9.17) is 0 Å². The minimum absolute atomic E-state index is 0.237. The van der Waals surface area contributed by atoms with Gasteiger partial charge in [-0.3, -0.25) is 0 Å². The van der Waals surface area contributed by atoms with E-state index >= 15 is 0 Å². The number of rotatable bonds is 25. The molecule has 0 fully saturated rings. The van der Waals surface area contributed by atoms with Crippen molar-refractivity contribution in [1.82, 2.24) is 5.32 Å². The first-order valence-corrected chi connectivity index (χ1v) is 14.7. The van der Waals surface area contributed by atoms with Gasteiger partial charge in [0.1, 0.15) is 6.29 Å². The van der Waals surface area contributed by atoms with Gasteiger partial charge in [-0.15, -0.1) is 0 Å². The molecule has 0 aromatic rings. The molecule has 32 heavy (non-hydrogen) atoms. The van der Waals surface area contributed by atoms with E-state index in [-0.39, 0.29) is 5.75 Å². The molecule has 0 saturated carbocycles. The van der Waals surface area contributed by atoms with Crippen molar-refractivity contribution in [2.45, 2.75) is 109 Å². The van der Waals surface area contributed by atoms with Crippen molar-refractivity contribution < 1.29 is 22.2 Å². The van der Waals surface area contributed by atoms with Gasteiger partial charge in [-0.1, -0.05) is 70.6 Å². The first kappa shape index (κ1) is 31.5. The summed E-state index contributed by atoms with van der Waals surface area (Å²) in [4.78, 5) is 10.2. The molecule has 0 unspecified atom stereocenters. The molecule has 0 amide bonds. The van der Waals surface area contributed by atoms with Crippen molar-refractivity contribution in [2.24, 2.45) is 0 Å². The van der Waals surface area contributed by atoms with Crippen molar-refractivity contribution in [2.75, 3.05) is 46.0 Å². The van der Waals surface area contributed by atoms with E-state index in [1.54, 1.807) is 0 Å². The average Bonchev–Trinajstić information content (AvgIpc) is 2.72. The molecular formula is C25H52N2O4S. The highest BCUT2D eigenvalue weighted by Crippen LogP contribution is 2.12. The number of hydrogen-bond donors (Lipinski definition) is 1. The van der Waals surface area contributed by atoms with E-state index in [2.05, 4.69) is 19.4 Å². The van der Waals surface area contributed by atoms with Crippen molar-refractivity contribution in [3.8, 4) is 0 Å². The van der Waals surface area contributed by atoms with Gasteiger partial charge in [0.2, 0.25) is 0 Å². The van der Waals surface area contributed by atoms with Crippen LogP contribution in [-0.4, -0.2) is 69.8 Å². The van der Waals surface area contributed by atoms with Gasteiger partial charge in [-0.2, -0.15) is 0 Å². The Morgan fingerprint density at radius 2 is 1.09 bits per heavy atom. The summed E-state index contributed by atoms with van der Waals surface area (Å²) in [5, 5.41) is 3.54. The smallest absolute Gasteiger partial charge is 0.119 e. The molecule has 6 nitrogen and oxygen atoms in total. The molecule has 0 rings (SSSR count). The molecule has 0 radical (unpaired) electrons. The van der Waals surface area contributed by atoms with E-state index in [1.165, 1.54) is 77.0 Å². The molecule has 0 spiro atoms. The van der Waals surface area contributed by atoms with E-state index < -0.39 is 10.1 Å². The van der Waals surface area contributed by atoms with Crippen LogP contribution in [0.3, 0.4) is 0 Å². The zero-order chi connectivity index (χ0) is 24.0. The van der Waals surface area contributed by atoms with Crippen molar-refractivity contribution in [1.29, 1.82) is 0 Å². The standard InChI is InChI=1S/C25H52N2O4S/c1-27(2,22-16-18-25-32(29,30)31)23-19-21-26-20-15-13-11-9-7-5-3-4-6-8-10-12-14-17-24-28/h24,26H,3-23,25H2,1-2H3. The maximum atomic E-state index is 10.6. The van der Waals surface area contributed by atoms with Crippen LogP contribution in [0.15, 0.2) is 0 Å². The van der Waals surface area contributed by atoms with Gasteiger partial charge in [-0.25, -0.2) is 8.42 Å². The molecule has 0 heterocycles. The summed E-state index contributed by atoms with van der Waals surface area (Å²) < 4.78 is 32.8. The van der Waals surface area contributed by atoms with Crippen molar-refractivity contribution in [3.63, 3.8) is 0 Å². The van der Waals surface area contributed by atoms with Crippen LogP contribution in [0.2, 0.25) is 0 Å². The van der Waals surface area contributed by atoms with Crippen molar-refractivity contribution in [3.05, 3.63) is 0 Å². The van der Waals surface area contributed by atoms with Crippen LogP contribution in [-0.2, 0) is 14.9 Å². The Hall–Kier alpha value is -0.500. The maximum absolute atomic E-state index is 10.6. The third kappa shape index (κ3) is 25.8. The molecule has 1 N–H and O–H groups in total. The average molecular weight is 477 g/mol. The van der Waals surface area contributed by atoms with Crippen LogP contribution in [0.25, 0.3) is 0 Å². The van der Waals surface area contributed by atoms with Gasteiger partial charge in [0.25, 0.3) is 0 Å². The summed E-state index contributed by atoms with van der Waals surface area (Å²) in [6.45, 7) is 4.12. The molecule has 0 bridgehead atoms. The lowest BCUT2D eigenvalue weighted by Gasteiger charge is -2.30. The number of nitrogens with zero attached hydrogens (tertiary/aromatic N) is 1. The summed E-state index contributed by atoms with van der Waals surface area (Å²) in [5.41, 5.74) is 0. The zero-order valence-electron chi connectivity index (χ0n) is 21.1. The Labute approximate surface area is 199 Å². The van der Waals surface area contributed by atoms with Crippen molar-refractivity contribution >= 4 is 16.4 Å². The number of nitrogens with one attached hydrogen (secondary N) is 1. The Kier molecular flexibility index (Phi) is 20.7. The number of aldehydes is 1. The molecule has 192 valence electrons. The minimum Gasteiger partial charge on any atom is -0.748 e. The third-order valence-corrected chi connectivity index (χ3v) is 6.99. The number of carbonyl (C=O) groups excluding carboxylic acids is 1.